The van der Waals surface area contributed by atoms with Gasteiger partial charge in [-0.05, 0) is 42.3 Å². The maximum absolute atomic E-state index is 13.4. The van der Waals surface area contributed by atoms with E-state index in [1.165, 1.54) is 12.1 Å². The third kappa shape index (κ3) is 5.12. The van der Waals surface area contributed by atoms with Crippen LogP contribution in [0, 0.1) is 5.82 Å². The lowest BCUT2D eigenvalue weighted by atomic mass is 10.1. The first-order valence-electron chi connectivity index (χ1n) is 11.5. The van der Waals surface area contributed by atoms with Gasteiger partial charge in [-0.2, -0.15) is 5.10 Å². The number of rotatable bonds is 6. The van der Waals surface area contributed by atoms with E-state index in [4.69, 9.17) is 9.84 Å². The van der Waals surface area contributed by atoms with Gasteiger partial charge in [0, 0.05) is 62.3 Å². The van der Waals surface area contributed by atoms with E-state index in [0.29, 0.717) is 12.5 Å². The molecular weight excluding hydrogens is 421 g/mol. The number of hydrogen-bond donors (Lipinski definition) is 0. The number of amides is 1. The lowest BCUT2D eigenvalue weighted by molar-refractivity contribution is -0.131. The Bertz CT molecular complexity index is 1080. The molecule has 0 saturated carbocycles. The molecular formula is C25H28FN5O2. The van der Waals surface area contributed by atoms with Crippen LogP contribution < -0.4 is 0 Å². The highest BCUT2D eigenvalue weighted by molar-refractivity contribution is 5.76. The van der Waals surface area contributed by atoms with Crippen molar-refractivity contribution in [1.29, 1.82) is 0 Å². The first-order chi connectivity index (χ1) is 16.2. The fourth-order valence-corrected chi connectivity index (χ4v) is 4.65. The van der Waals surface area contributed by atoms with Crippen LogP contribution >= 0.6 is 0 Å². The second-order valence-electron chi connectivity index (χ2n) is 8.65. The average molecular weight is 450 g/mol. The van der Waals surface area contributed by atoms with Gasteiger partial charge in [-0.1, -0.05) is 12.1 Å². The lowest BCUT2D eigenvalue weighted by Gasteiger charge is -2.32. The highest BCUT2D eigenvalue weighted by Gasteiger charge is 2.31. The number of hydrogen-bond acceptors (Lipinski definition) is 5. The molecule has 2 aromatic heterocycles. The molecule has 3 aromatic rings. The van der Waals surface area contributed by atoms with Gasteiger partial charge in [-0.3, -0.25) is 19.4 Å². The molecule has 0 N–H and O–H groups in total. The molecule has 0 radical (unpaired) electrons. The smallest absolute Gasteiger partial charge is 0.244 e. The molecule has 33 heavy (non-hydrogen) atoms. The zero-order valence-corrected chi connectivity index (χ0v) is 18.6. The van der Waals surface area contributed by atoms with Crippen LogP contribution in [-0.4, -0.2) is 75.9 Å². The third-order valence-electron chi connectivity index (χ3n) is 6.50. The third-order valence-corrected chi connectivity index (χ3v) is 6.50. The van der Waals surface area contributed by atoms with Crippen molar-refractivity contribution < 1.29 is 13.9 Å². The summed E-state index contributed by atoms with van der Waals surface area (Å²) >= 11 is 0. The van der Waals surface area contributed by atoms with Gasteiger partial charge in [0.1, 0.15) is 12.4 Å². The first-order valence-corrected chi connectivity index (χ1v) is 11.5. The predicted octanol–water partition coefficient (Wildman–Crippen LogP) is 2.61. The van der Waals surface area contributed by atoms with Crippen molar-refractivity contribution in [1.82, 2.24) is 24.6 Å². The van der Waals surface area contributed by atoms with Crippen molar-refractivity contribution in [3.8, 4) is 11.3 Å². The second-order valence-corrected chi connectivity index (χ2v) is 8.65. The van der Waals surface area contributed by atoms with Crippen LogP contribution in [0.2, 0.25) is 0 Å². The van der Waals surface area contributed by atoms with Crippen molar-refractivity contribution in [2.24, 2.45) is 0 Å². The van der Waals surface area contributed by atoms with Crippen LogP contribution in [0.25, 0.3) is 11.3 Å². The molecule has 2 fully saturated rings. The lowest BCUT2D eigenvalue weighted by Crippen LogP contribution is -2.45. The normalized spacial score (nSPS) is 19.2. The van der Waals surface area contributed by atoms with Crippen molar-refractivity contribution >= 4 is 5.91 Å². The van der Waals surface area contributed by atoms with E-state index in [1.54, 1.807) is 29.2 Å². The van der Waals surface area contributed by atoms with Gasteiger partial charge in [0.25, 0.3) is 0 Å². The Morgan fingerprint density at radius 2 is 1.82 bits per heavy atom. The SMILES string of the molecule is O=C(Cn1nc(-c2ccncc2)cc1Cc1ccc(F)cc1)N1CC[C@@H](N2CCOCC2)C1. The molecule has 0 spiro atoms. The number of morpholine rings is 1. The zero-order valence-electron chi connectivity index (χ0n) is 18.6. The monoisotopic (exact) mass is 449 g/mol. The highest BCUT2D eigenvalue weighted by Crippen LogP contribution is 2.22. The minimum Gasteiger partial charge on any atom is -0.379 e. The van der Waals surface area contributed by atoms with E-state index >= 15 is 0 Å². The van der Waals surface area contributed by atoms with E-state index < -0.39 is 0 Å². The molecule has 0 bridgehead atoms. The topological polar surface area (TPSA) is 63.5 Å². The number of aromatic nitrogens is 3. The van der Waals surface area contributed by atoms with Crippen molar-refractivity contribution in [3.63, 3.8) is 0 Å². The number of carbonyl (C=O) groups excluding carboxylic acids is 1. The van der Waals surface area contributed by atoms with E-state index in [2.05, 4.69) is 9.88 Å². The summed E-state index contributed by atoms with van der Waals surface area (Å²) < 4.78 is 20.6. The number of ether oxygens (including phenoxy) is 1. The largest absolute Gasteiger partial charge is 0.379 e. The van der Waals surface area contributed by atoms with Gasteiger partial charge in [-0.15, -0.1) is 0 Å². The van der Waals surface area contributed by atoms with Crippen molar-refractivity contribution in [2.45, 2.75) is 25.4 Å². The Morgan fingerprint density at radius 3 is 2.58 bits per heavy atom. The number of pyridine rings is 1. The van der Waals surface area contributed by atoms with Crippen LogP contribution in [-0.2, 0) is 22.5 Å². The van der Waals surface area contributed by atoms with Crippen molar-refractivity contribution in [3.05, 3.63) is 71.9 Å². The van der Waals surface area contributed by atoms with E-state index in [9.17, 15) is 9.18 Å². The first kappa shape index (κ1) is 21.7. The minimum absolute atomic E-state index is 0.0792. The average Bonchev–Trinajstić information content (AvgIpc) is 3.50. The number of likely N-dealkylation sites (tertiary alicyclic amines) is 1. The second kappa shape index (κ2) is 9.80. The molecule has 4 heterocycles. The maximum Gasteiger partial charge on any atom is 0.244 e. The minimum atomic E-state index is -0.260. The molecule has 8 heteroatoms. The van der Waals surface area contributed by atoms with Crippen LogP contribution in [0.5, 0.6) is 0 Å². The maximum atomic E-state index is 13.4. The molecule has 7 nitrogen and oxygen atoms in total. The van der Waals surface area contributed by atoms with Crippen LogP contribution in [0.3, 0.4) is 0 Å². The standard InChI is InChI=1S/C25H28FN5O2/c26-21-3-1-19(2-4-21)15-23-16-24(20-5-8-27-9-6-20)28-31(23)18-25(32)30-10-7-22(17-30)29-11-13-33-14-12-29/h1-6,8-9,16,22H,7,10-15,17-18H2/t22-/m1/s1. The molecule has 1 aromatic carbocycles. The molecule has 0 aliphatic carbocycles. The van der Waals surface area contributed by atoms with Gasteiger partial charge in [0.2, 0.25) is 5.91 Å². The fraction of sp³-hybridized carbons (Fsp3) is 0.400. The molecule has 2 aliphatic rings. The summed E-state index contributed by atoms with van der Waals surface area (Å²) in [4.78, 5) is 21.7. The number of benzene rings is 1. The van der Waals surface area contributed by atoms with Crippen molar-refractivity contribution in [2.75, 3.05) is 39.4 Å². The summed E-state index contributed by atoms with van der Waals surface area (Å²) in [6, 6.07) is 12.7. The Balaban J connectivity index is 1.33. The van der Waals surface area contributed by atoms with E-state index in [-0.39, 0.29) is 18.3 Å². The van der Waals surface area contributed by atoms with E-state index in [1.807, 2.05) is 23.1 Å². The number of carbonyl (C=O) groups is 1. The highest BCUT2D eigenvalue weighted by atomic mass is 19.1. The summed E-state index contributed by atoms with van der Waals surface area (Å²) in [6.07, 6.45) is 5.03. The molecule has 0 unspecified atom stereocenters. The Kier molecular flexibility index (Phi) is 6.46. The van der Waals surface area contributed by atoms with Gasteiger partial charge >= 0.3 is 0 Å². The van der Waals surface area contributed by atoms with Crippen LogP contribution in [0.4, 0.5) is 4.39 Å². The van der Waals surface area contributed by atoms with Gasteiger partial charge in [-0.25, -0.2) is 4.39 Å². The molecule has 5 rings (SSSR count). The molecule has 172 valence electrons. The Hall–Kier alpha value is -3.10. The van der Waals surface area contributed by atoms with Gasteiger partial charge in [0.15, 0.2) is 0 Å². The number of halogens is 1. The van der Waals surface area contributed by atoms with Crippen LogP contribution in [0.15, 0.2) is 54.9 Å². The summed E-state index contributed by atoms with van der Waals surface area (Å²) in [5, 5.41) is 4.75. The molecule has 1 amide bonds. The number of nitrogens with zero attached hydrogens (tertiary/aromatic N) is 5. The Labute approximate surface area is 192 Å². The summed E-state index contributed by atoms with van der Waals surface area (Å²) in [7, 11) is 0. The molecule has 2 saturated heterocycles. The summed E-state index contributed by atoms with van der Waals surface area (Å²) in [5.41, 5.74) is 3.64. The molecule has 1 atom stereocenters. The van der Waals surface area contributed by atoms with Gasteiger partial charge < -0.3 is 9.64 Å². The Morgan fingerprint density at radius 1 is 1.06 bits per heavy atom. The summed E-state index contributed by atoms with van der Waals surface area (Å²) in [5.74, 6) is -0.181. The van der Waals surface area contributed by atoms with E-state index in [0.717, 1.165) is 68.3 Å². The van der Waals surface area contributed by atoms with Crippen LogP contribution in [0.1, 0.15) is 17.7 Å². The summed E-state index contributed by atoms with van der Waals surface area (Å²) in [6.45, 7) is 5.12. The van der Waals surface area contributed by atoms with Gasteiger partial charge in [0.05, 0.1) is 18.9 Å². The molecule has 2 aliphatic heterocycles. The quantitative estimate of drug-likeness (QED) is 0.579. The zero-order chi connectivity index (χ0) is 22.6. The predicted molar refractivity (Wildman–Crippen MR) is 122 cm³/mol. The fourth-order valence-electron chi connectivity index (χ4n) is 4.65.